The Hall–Kier alpha value is -2.83. The van der Waals surface area contributed by atoms with Gasteiger partial charge in [-0.25, -0.2) is 4.39 Å². The number of anilines is 1. The summed E-state index contributed by atoms with van der Waals surface area (Å²) in [6.07, 6.45) is 0. The van der Waals surface area contributed by atoms with E-state index in [0.29, 0.717) is 29.4 Å². The minimum absolute atomic E-state index is 0.157. The molecule has 1 saturated heterocycles. The standard InChI is InChI=1S/C24H18ClFN2O2S/c25-18-5-3-4-17(14-18)22(29)28-12-13-31-24(28)20-6-1-2-7-21(20)27(23(24)30)15-16-8-10-19(26)11-9-16/h1-11,14H,12-13,15H2/t24-/m0/s1. The van der Waals surface area contributed by atoms with Crippen molar-refractivity contribution in [2.75, 3.05) is 17.2 Å². The van der Waals surface area contributed by atoms with Crippen LogP contribution in [0.15, 0.2) is 72.8 Å². The first-order chi connectivity index (χ1) is 15.0. The molecular weight excluding hydrogens is 435 g/mol. The fraction of sp³-hybridized carbons (Fsp3) is 0.167. The van der Waals surface area contributed by atoms with Crippen LogP contribution < -0.4 is 4.90 Å². The highest BCUT2D eigenvalue weighted by Gasteiger charge is 2.59. The maximum Gasteiger partial charge on any atom is 0.268 e. The molecule has 0 bridgehead atoms. The number of amides is 2. The predicted octanol–water partition coefficient (Wildman–Crippen LogP) is 5.07. The van der Waals surface area contributed by atoms with E-state index in [1.165, 1.54) is 23.9 Å². The third-order valence-corrected chi connectivity index (χ3v) is 7.33. The highest BCUT2D eigenvalue weighted by molar-refractivity contribution is 8.01. The van der Waals surface area contributed by atoms with Gasteiger partial charge in [0.2, 0.25) is 0 Å². The molecule has 0 unspecified atom stereocenters. The number of nitrogens with zero attached hydrogens (tertiary/aromatic N) is 2. The maximum atomic E-state index is 13.9. The van der Waals surface area contributed by atoms with Gasteiger partial charge in [0, 0.05) is 28.4 Å². The van der Waals surface area contributed by atoms with E-state index in [4.69, 9.17) is 11.6 Å². The molecule has 0 N–H and O–H groups in total. The van der Waals surface area contributed by atoms with Gasteiger partial charge in [0.15, 0.2) is 4.87 Å². The molecule has 5 rings (SSSR count). The molecule has 31 heavy (non-hydrogen) atoms. The monoisotopic (exact) mass is 452 g/mol. The lowest BCUT2D eigenvalue weighted by molar-refractivity contribution is -0.123. The smallest absolute Gasteiger partial charge is 0.268 e. The Morgan fingerprint density at radius 2 is 1.84 bits per heavy atom. The number of hydrogen-bond donors (Lipinski definition) is 0. The van der Waals surface area contributed by atoms with Gasteiger partial charge in [0.1, 0.15) is 5.82 Å². The Kier molecular flexibility index (Phi) is 4.99. The molecule has 156 valence electrons. The molecule has 0 saturated carbocycles. The summed E-state index contributed by atoms with van der Waals surface area (Å²) in [5, 5.41) is 0.475. The minimum atomic E-state index is -1.12. The SMILES string of the molecule is O=C(c1cccc(Cl)c1)N1CCS[C@@]12C(=O)N(Cc1ccc(F)cc1)c1ccccc12. The quantitative estimate of drug-likeness (QED) is 0.557. The lowest BCUT2D eigenvalue weighted by atomic mass is 10.0. The molecule has 1 fully saturated rings. The number of carbonyl (C=O) groups excluding carboxylic acids is 2. The van der Waals surface area contributed by atoms with Crippen LogP contribution >= 0.6 is 23.4 Å². The number of thioether (sulfide) groups is 1. The van der Waals surface area contributed by atoms with Crippen molar-refractivity contribution in [3.63, 3.8) is 0 Å². The summed E-state index contributed by atoms with van der Waals surface area (Å²) in [5.41, 5.74) is 2.85. The van der Waals surface area contributed by atoms with Crippen LogP contribution in [0.2, 0.25) is 5.02 Å². The second-order valence-electron chi connectivity index (χ2n) is 7.49. The summed E-state index contributed by atoms with van der Waals surface area (Å²) in [6, 6.07) is 20.5. The van der Waals surface area contributed by atoms with Crippen molar-refractivity contribution in [1.82, 2.24) is 4.90 Å². The van der Waals surface area contributed by atoms with Crippen LogP contribution in [0.1, 0.15) is 21.5 Å². The highest BCUT2D eigenvalue weighted by atomic mass is 35.5. The second kappa shape index (κ2) is 7.70. The first kappa shape index (κ1) is 20.1. The van der Waals surface area contributed by atoms with Gasteiger partial charge in [-0.3, -0.25) is 9.59 Å². The van der Waals surface area contributed by atoms with Gasteiger partial charge in [-0.15, -0.1) is 11.8 Å². The fourth-order valence-corrected chi connectivity index (χ4v) is 5.93. The van der Waals surface area contributed by atoms with E-state index in [1.807, 2.05) is 24.3 Å². The van der Waals surface area contributed by atoms with Crippen molar-refractivity contribution in [2.45, 2.75) is 11.4 Å². The molecular formula is C24H18ClFN2O2S. The fourth-order valence-electron chi connectivity index (χ4n) is 4.27. The number of benzene rings is 3. The third-order valence-electron chi connectivity index (χ3n) is 5.67. The molecule has 1 atom stereocenters. The van der Waals surface area contributed by atoms with Crippen molar-refractivity contribution in [2.24, 2.45) is 0 Å². The van der Waals surface area contributed by atoms with Gasteiger partial charge in [0.25, 0.3) is 11.8 Å². The van der Waals surface area contributed by atoms with Crippen molar-refractivity contribution in [3.05, 3.63) is 100 Å². The molecule has 0 aromatic heterocycles. The van der Waals surface area contributed by atoms with Crippen molar-refractivity contribution >= 4 is 40.9 Å². The number of fused-ring (bicyclic) bond motifs is 2. The van der Waals surface area contributed by atoms with Gasteiger partial charge in [-0.05, 0) is 42.0 Å². The summed E-state index contributed by atoms with van der Waals surface area (Å²) in [4.78, 5) is 29.6. The Labute approximate surface area is 188 Å². The lowest BCUT2D eigenvalue weighted by Gasteiger charge is -2.33. The van der Waals surface area contributed by atoms with E-state index in [-0.39, 0.29) is 17.6 Å². The molecule has 4 nitrogen and oxygen atoms in total. The van der Waals surface area contributed by atoms with Crippen LogP contribution in [0.25, 0.3) is 0 Å². The van der Waals surface area contributed by atoms with E-state index in [1.54, 1.807) is 46.2 Å². The topological polar surface area (TPSA) is 40.6 Å². The van der Waals surface area contributed by atoms with E-state index >= 15 is 0 Å². The predicted molar refractivity (Wildman–Crippen MR) is 121 cm³/mol. The Balaban J connectivity index is 1.57. The van der Waals surface area contributed by atoms with Crippen molar-refractivity contribution in [1.29, 1.82) is 0 Å². The average Bonchev–Trinajstić information content (AvgIpc) is 3.32. The summed E-state index contributed by atoms with van der Waals surface area (Å²) < 4.78 is 13.3. The van der Waals surface area contributed by atoms with Gasteiger partial charge >= 0.3 is 0 Å². The molecule has 7 heteroatoms. The van der Waals surface area contributed by atoms with E-state index < -0.39 is 4.87 Å². The molecule has 1 spiro atoms. The lowest BCUT2D eigenvalue weighted by Crippen LogP contribution is -2.50. The summed E-state index contributed by atoms with van der Waals surface area (Å²) >= 11 is 7.58. The molecule has 2 amide bonds. The van der Waals surface area contributed by atoms with Gasteiger partial charge in [-0.2, -0.15) is 0 Å². The molecule has 2 aliphatic rings. The number of hydrogen-bond acceptors (Lipinski definition) is 3. The first-order valence-electron chi connectivity index (χ1n) is 9.88. The van der Waals surface area contributed by atoms with Gasteiger partial charge in [0.05, 0.1) is 12.2 Å². The van der Waals surface area contributed by atoms with Crippen LogP contribution in [0.5, 0.6) is 0 Å². The molecule has 0 aliphatic carbocycles. The zero-order valence-corrected chi connectivity index (χ0v) is 18.0. The van der Waals surface area contributed by atoms with Crippen LogP contribution in [-0.2, 0) is 16.2 Å². The van der Waals surface area contributed by atoms with Crippen LogP contribution in [0.3, 0.4) is 0 Å². The Morgan fingerprint density at radius 1 is 1.06 bits per heavy atom. The van der Waals surface area contributed by atoms with E-state index in [2.05, 4.69) is 0 Å². The second-order valence-corrected chi connectivity index (χ2v) is 9.22. The van der Waals surface area contributed by atoms with Gasteiger partial charge < -0.3 is 9.80 Å². The van der Waals surface area contributed by atoms with Crippen molar-refractivity contribution in [3.8, 4) is 0 Å². The number of para-hydroxylation sites is 1. The summed E-state index contributed by atoms with van der Waals surface area (Å²) in [7, 11) is 0. The first-order valence-corrected chi connectivity index (χ1v) is 11.2. The van der Waals surface area contributed by atoms with Crippen LogP contribution in [0.4, 0.5) is 10.1 Å². The normalized spacial score (nSPS) is 19.9. The number of halogens is 2. The Bertz CT molecular complexity index is 1190. The largest absolute Gasteiger partial charge is 0.311 e. The van der Waals surface area contributed by atoms with E-state index in [0.717, 1.165) is 16.8 Å². The van der Waals surface area contributed by atoms with Crippen molar-refractivity contribution < 1.29 is 14.0 Å². The molecule has 2 heterocycles. The zero-order valence-electron chi connectivity index (χ0n) is 16.4. The van der Waals surface area contributed by atoms with Crippen LogP contribution in [-0.4, -0.2) is 29.0 Å². The van der Waals surface area contributed by atoms with Gasteiger partial charge in [-0.1, -0.05) is 48.0 Å². The summed E-state index contributed by atoms with van der Waals surface area (Å²) in [5.74, 6) is -0.0512. The number of carbonyl (C=O) groups is 2. The minimum Gasteiger partial charge on any atom is -0.311 e. The molecule has 3 aromatic rings. The summed E-state index contributed by atoms with van der Waals surface area (Å²) in [6.45, 7) is 0.762. The molecule has 0 radical (unpaired) electrons. The molecule has 3 aromatic carbocycles. The van der Waals surface area contributed by atoms with E-state index in [9.17, 15) is 14.0 Å². The average molecular weight is 453 g/mol. The Morgan fingerprint density at radius 3 is 2.61 bits per heavy atom. The number of rotatable bonds is 3. The third kappa shape index (κ3) is 3.22. The van der Waals surface area contributed by atoms with Crippen LogP contribution in [0, 0.1) is 5.82 Å². The highest BCUT2D eigenvalue weighted by Crippen LogP contribution is 2.54. The maximum absolute atomic E-state index is 13.9. The zero-order chi connectivity index (χ0) is 21.6. The molecule has 2 aliphatic heterocycles.